The number of H-pyrrole nitrogens is 1. The maximum Gasteiger partial charge on any atom is 0.293 e. The smallest absolute Gasteiger partial charge is 0.293 e. The van der Waals surface area contributed by atoms with Crippen LogP contribution in [0, 0.1) is 5.92 Å². The Morgan fingerprint density at radius 2 is 2.20 bits per heavy atom. The normalized spacial score (nSPS) is 23.9. The van der Waals surface area contributed by atoms with Gasteiger partial charge in [-0.25, -0.2) is 4.98 Å². The summed E-state index contributed by atoms with van der Waals surface area (Å²) in [5, 5.41) is 6.95. The maximum atomic E-state index is 12.6. The minimum absolute atomic E-state index is 0.0906. The molecule has 1 aromatic rings. The second-order valence-electron chi connectivity index (χ2n) is 6.68. The molecular weight excluding hydrogens is 254 g/mol. The second-order valence-corrected chi connectivity index (χ2v) is 6.68. The number of aromatic nitrogens is 3. The van der Waals surface area contributed by atoms with E-state index in [1.165, 1.54) is 0 Å². The highest BCUT2D eigenvalue weighted by Crippen LogP contribution is 2.24. The van der Waals surface area contributed by atoms with Gasteiger partial charge in [0.25, 0.3) is 5.91 Å². The number of likely N-dealkylation sites (tertiary alicyclic amines) is 1. The summed E-state index contributed by atoms with van der Waals surface area (Å²) in [7, 11) is 0. The predicted molar refractivity (Wildman–Crippen MR) is 77.4 cm³/mol. The number of rotatable bonds is 2. The highest BCUT2D eigenvalue weighted by molar-refractivity contribution is 5.90. The molecule has 0 bridgehead atoms. The first-order chi connectivity index (χ1) is 9.34. The zero-order chi connectivity index (χ0) is 14.9. The van der Waals surface area contributed by atoms with Crippen molar-refractivity contribution in [2.75, 3.05) is 13.1 Å². The van der Waals surface area contributed by atoms with E-state index in [2.05, 4.69) is 22.1 Å². The van der Waals surface area contributed by atoms with E-state index in [1.807, 2.05) is 25.7 Å². The molecule has 2 unspecified atom stereocenters. The summed E-state index contributed by atoms with van der Waals surface area (Å²) in [6, 6.07) is 0.0906. The van der Waals surface area contributed by atoms with Gasteiger partial charge in [0.15, 0.2) is 0 Å². The van der Waals surface area contributed by atoms with E-state index in [1.54, 1.807) is 0 Å². The summed E-state index contributed by atoms with van der Waals surface area (Å²) < 4.78 is 0. The van der Waals surface area contributed by atoms with Gasteiger partial charge in [0, 0.05) is 24.5 Å². The van der Waals surface area contributed by atoms with Crippen molar-refractivity contribution in [3.8, 4) is 0 Å². The van der Waals surface area contributed by atoms with Crippen LogP contribution in [0.15, 0.2) is 0 Å². The summed E-state index contributed by atoms with van der Waals surface area (Å²) >= 11 is 0. The van der Waals surface area contributed by atoms with E-state index < -0.39 is 0 Å². The molecule has 6 nitrogen and oxygen atoms in total. The molecule has 6 heteroatoms. The van der Waals surface area contributed by atoms with E-state index in [4.69, 9.17) is 5.73 Å². The summed E-state index contributed by atoms with van der Waals surface area (Å²) in [5.41, 5.74) is 5.69. The molecule has 1 aliphatic heterocycles. The summed E-state index contributed by atoms with van der Waals surface area (Å²) in [4.78, 5) is 18.8. The fraction of sp³-hybridized carbons (Fsp3) is 0.786. The molecule has 2 rings (SSSR count). The Morgan fingerprint density at radius 3 is 2.75 bits per heavy atom. The molecule has 0 spiro atoms. The molecule has 0 radical (unpaired) electrons. The number of nitrogens with one attached hydrogen (secondary N) is 1. The van der Waals surface area contributed by atoms with Crippen LogP contribution in [0.5, 0.6) is 0 Å². The highest BCUT2D eigenvalue weighted by atomic mass is 16.2. The number of piperidine rings is 1. The minimum atomic E-state index is -0.145. The molecule has 112 valence electrons. The Hall–Kier alpha value is -1.43. The van der Waals surface area contributed by atoms with Crippen LogP contribution < -0.4 is 5.73 Å². The SMILES string of the molecule is CC1CCCN(C(=O)c2n[nH]c(C(C)(C)C)n2)C1CN. The van der Waals surface area contributed by atoms with Gasteiger partial charge in [-0.05, 0) is 18.8 Å². The molecule has 1 saturated heterocycles. The lowest BCUT2D eigenvalue weighted by Crippen LogP contribution is -2.51. The van der Waals surface area contributed by atoms with Gasteiger partial charge in [-0.2, -0.15) is 0 Å². The molecule has 20 heavy (non-hydrogen) atoms. The van der Waals surface area contributed by atoms with Crippen molar-refractivity contribution in [2.45, 2.75) is 52.0 Å². The average Bonchev–Trinajstić information content (AvgIpc) is 2.87. The van der Waals surface area contributed by atoms with Crippen molar-refractivity contribution in [3.05, 3.63) is 11.6 Å². The van der Waals surface area contributed by atoms with E-state index in [0.717, 1.165) is 25.2 Å². The topological polar surface area (TPSA) is 87.9 Å². The molecular formula is C14H25N5O. The van der Waals surface area contributed by atoms with Gasteiger partial charge in [0.1, 0.15) is 5.82 Å². The van der Waals surface area contributed by atoms with Crippen molar-refractivity contribution in [1.29, 1.82) is 0 Å². The third kappa shape index (κ3) is 2.85. The Kier molecular flexibility index (Phi) is 4.13. The summed E-state index contributed by atoms with van der Waals surface area (Å²) in [6.07, 6.45) is 2.13. The number of hydrogen-bond acceptors (Lipinski definition) is 4. The Balaban J connectivity index is 2.20. The molecule has 1 fully saturated rings. The van der Waals surface area contributed by atoms with Gasteiger partial charge in [-0.15, -0.1) is 5.10 Å². The third-order valence-electron chi connectivity index (χ3n) is 4.01. The standard InChI is InChI=1S/C14H25N5O/c1-9-6-5-7-19(10(9)8-15)12(20)11-16-13(18-17-11)14(2,3)4/h9-10H,5-8,15H2,1-4H3,(H,16,17,18). The fourth-order valence-electron chi connectivity index (χ4n) is 2.68. The number of aromatic amines is 1. The molecule has 0 aliphatic carbocycles. The number of hydrogen-bond donors (Lipinski definition) is 2. The van der Waals surface area contributed by atoms with Crippen molar-refractivity contribution >= 4 is 5.91 Å². The van der Waals surface area contributed by atoms with E-state index >= 15 is 0 Å². The molecule has 1 amide bonds. The lowest BCUT2D eigenvalue weighted by molar-refractivity contribution is 0.0520. The molecule has 1 aliphatic rings. The van der Waals surface area contributed by atoms with Crippen molar-refractivity contribution < 1.29 is 4.79 Å². The zero-order valence-electron chi connectivity index (χ0n) is 12.8. The highest BCUT2D eigenvalue weighted by Gasteiger charge is 2.33. The molecule has 2 atom stereocenters. The monoisotopic (exact) mass is 279 g/mol. The third-order valence-corrected chi connectivity index (χ3v) is 4.01. The van der Waals surface area contributed by atoms with Crippen molar-refractivity contribution in [2.24, 2.45) is 11.7 Å². The number of amides is 1. The minimum Gasteiger partial charge on any atom is -0.331 e. The van der Waals surface area contributed by atoms with E-state index in [-0.39, 0.29) is 23.2 Å². The van der Waals surface area contributed by atoms with Crippen LogP contribution in [0.1, 0.15) is 57.0 Å². The van der Waals surface area contributed by atoms with Crippen LogP contribution in [0.2, 0.25) is 0 Å². The van der Waals surface area contributed by atoms with E-state index in [9.17, 15) is 4.79 Å². The molecule has 3 N–H and O–H groups in total. The van der Waals surface area contributed by atoms with Gasteiger partial charge < -0.3 is 10.6 Å². The summed E-state index contributed by atoms with van der Waals surface area (Å²) in [6.45, 7) is 9.48. The zero-order valence-corrected chi connectivity index (χ0v) is 12.8. The first-order valence-electron chi connectivity index (χ1n) is 7.28. The van der Waals surface area contributed by atoms with Gasteiger partial charge >= 0.3 is 0 Å². The lowest BCUT2D eigenvalue weighted by atomic mass is 9.90. The second kappa shape index (κ2) is 5.52. The van der Waals surface area contributed by atoms with Gasteiger partial charge in [-0.1, -0.05) is 27.7 Å². The summed E-state index contributed by atoms with van der Waals surface area (Å²) in [5.74, 6) is 1.30. The quantitative estimate of drug-likeness (QED) is 0.854. The maximum absolute atomic E-state index is 12.6. The van der Waals surface area contributed by atoms with Crippen LogP contribution in [0.25, 0.3) is 0 Å². The molecule has 0 aromatic carbocycles. The Labute approximate surface area is 120 Å². The fourth-order valence-corrected chi connectivity index (χ4v) is 2.68. The first kappa shape index (κ1) is 15.0. The van der Waals surface area contributed by atoms with Crippen LogP contribution in [-0.2, 0) is 5.41 Å². The average molecular weight is 279 g/mol. The largest absolute Gasteiger partial charge is 0.331 e. The van der Waals surface area contributed by atoms with Gasteiger partial charge in [0.05, 0.1) is 0 Å². The van der Waals surface area contributed by atoms with Crippen LogP contribution in [-0.4, -0.2) is 45.1 Å². The van der Waals surface area contributed by atoms with Crippen molar-refractivity contribution in [3.63, 3.8) is 0 Å². The van der Waals surface area contributed by atoms with E-state index in [0.29, 0.717) is 12.5 Å². The molecule has 1 aromatic heterocycles. The number of nitrogens with two attached hydrogens (primary N) is 1. The Morgan fingerprint density at radius 1 is 1.50 bits per heavy atom. The number of carbonyl (C=O) groups is 1. The first-order valence-corrected chi connectivity index (χ1v) is 7.28. The number of nitrogens with zero attached hydrogens (tertiary/aromatic N) is 3. The number of carbonyl (C=O) groups excluding carboxylic acids is 1. The van der Waals surface area contributed by atoms with Gasteiger partial charge in [0.2, 0.25) is 5.82 Å². The van der Waals surface area contributed by atoms with Crippen LogP contribution >= 0.6 is 0 Å². The lowest BCUT2D eigenvalue weighted by Gasteiger charge is -2.38. The van der Waals surface area contributed by atoms with Gasteiger partial charge in [-0.3, -0.25) is 9.89 Å². The van der Waals surface area contributed by atoms with Crippen LogP contribution in [0.3, 0.4) is 0 Å². The van der Waals surface area contributed by atoms with Crippen molar-refractivity contribution in [1.82, 2.24) is 20.1 Å². The van der Waals surface area contributed by atoms with Crippen LogP contribution in [0.4, 0.5) is 0 Å². The molecule has 2 heterocycles. The Bertz CT molecular complexity index is 476. The predicted octanol–water partition coefficient (Wildman–Crippen LogP) is 1.30. The molecule has 0 saturated carbocycles.